The van der Waals surface area contributed by atoms with Gasteiger partial charge in [-0.1, -0.05) is 35.9 Å². The lowest BCUT2D eigenvalue weighted by Crippen LogP contribution is -2.52. The average molecular weight is 524 g/mol. The van der Waals surface area contributed by atoms with E-state index in [2.05, 4.69) is 34.3 Å². The van der Waals surface area contributed by atoms with Crippen molar-refractivity contribution in [3.63, 3.8) is 0 Å². The van der Waals surface area contributed by atoms with E-state index in [0.29, 0.717) is 37.4 Å². The number of rotatable bonds is 6. The number of hydrogen-bond acceptors (Lipinski definition) is 3. The van der Waals surface area contributed by atoms with Crippen molar-refractivity contribution in [1.82, 2.24) is 14.8 Å². The van der Waals surface area contributed by atoms with Gasteiger partial charge in [-0.15, -0.1) is 0 Å². The second-order valence-electron chi connectivity index (χ2n) is 10.1. The standard InChI is InChI=1S/C29H31ClFN3O3/c30-24-17-19(5-7-25(24)31)6-8-27(35)33-13-11-21(12-14-33)28(29(36)37)34-15-9-20(10-16-34)23-18-32-26-4-2-1-3-22(23)26/h1-8,17-18,20-21,28,32H,9-16H2,(H,36,37). The number of halogens is 2. The second kappa shape index (κ2) is 11.1. The minimum Gasteiger partial charge on any atom is -0.480 e. The summed E-state index contributed by atoms with van der Waals surface area (Å²) in [5.74, 6) is -0.980. The van der Waals surface area contributed by atoms with Crippen LogP contribution in [0.25, 0.3) is 17.0 Å². The third-order valence-electron chi connectivity index (χ3n) is 7.90. The molecule has 37 heavy (non-hydrogen) atoms. The number of hydrogen-bond donors (Lipinski definition) is 2. The van der Waals surface area contributed by atoms with Gasteiger partial charge in [-0.2, -0.15) is 0 Å². The number of aromatic amines is 1. The quantitative estimate of drug-likeness (QED) is 0.416. The van der Waals surface area contributed by atoms with Crippen molar-refractivity contribution in [2.24, 2.45) is 5.92 Å². The number of piperidine rings is 2. The first kappa shape index (κ1) is 25.5. The number of H-pyrrole nitrogens is 1. The van der Waals surface area contributed by atoms with E-state index in [1.165, 1.54) is 29.2 Å². The lowest BCUT2D eigenvalue weighted by Gasteiger charge is -2.41. The Morgan fingerprint density at radius 2 is 1.78 bits per heavy atom. The lowest BCUT2D eigenvalue weighted by molar-refractivity contribution is -0.147. The monoisotopic (exact) mass is 523 g/mol. The molecule has 2 saturated heterocycles. The zero-order chi connectivity index (χ0) is 25.9. The molecule has 1 amide bonds. The van der Waals surface area contributed by atoms with Crippen LogP contribution < -0.4 is 0 Å². The molecule has 5 rings (SSSR count). The number of carboxylic acids is 1. The topological polar surface area (TPSA) is 76.6 Å². The number of fused-ring (bicyclic) bond motifs is 1. The molecule has 1 atom stereocenters. The maximum absolute atomic E-state index is 13.3. The van der Waals surface area contributed by atoms with Gasteiger partial charge in [0.1, 0.15) is 11.9 Å². The average Bonchev–Trinajstić information content (AvgIpc) is 3.34. The minimum absolute atomic E-state index is 0.00562. The molecule has 0 radical (unpaired) electrons. The van der Waals surface area contributed by atoms with Crippen LogP contribution in [0.2, 0.25) is 5.02 Å². The smallest absolute Gasteiger partial charge is 0.321 e. The van der Waals surface area contributed by atoms with Gasteiger partial charge >= 0.3 is 5.97 Å². The summed E-state index contributed by atoms with van der Waals surface area (Å²) in [4.78, 5) is 32.3. The zero-order valence-electron chi connectivity index (χ0n) is 20.6. The molecule has 0 aliphatic carbocycles. The van der Waals surface area contributed by atoms with E-state index in [1.54, 1.807) is 17.0 Å². The number of likely N-dealkylation sites (tertiary alicyclic amines) is 2. The van der Waals surface area contributed by atoms with Crippen molar-refractivity contribution >= 4 is 40.5 Å². The van der Waals surface area contributed by atoms with Crippen LogP contribution in [0.15, 0.2) is 54.7 Å². The highest BCUT2D eigenvalue weighted by atomic mass is 35.5. The van der Waals surface area contributed by atoms with Gasteiger partial charge in [-0.05, 0) is 86.0 Å². The van der Waals surface area contributed by atoms with Crippen LogP contribution in [0.5, 0.6) is 0 Å². The number of benzene rings is 2. The van der Waals surface area contributed by atoms with E-state index in [-0.39, 0.29) is 16.8 Å². The molecular formula is C29H31ClFN3O3. The van der Waals surface area contributed by atoms with E-state index < -0.39 is 17.8 Å². The number of carbonyl (C=O) groups is 2. The van der Waals surface area contributed by atoms with Crippen molar-refractivity contribution in [3.05, 3.63) is 76.7 Å². The molecule has 8 heteroatoms. The molecule has 6 nitrogen and oxygen atoms in total. The highest BCUT2D eigenvalue weighted by Crippen LogP contribution is 2.35. The summed E-state index contributed by atoms with van der Waals surface area (Å²) in [5, 5.41) is 11.4. The number of nitrogens with zero attached hydrogens (tertiary/aromatic N) is 2. The first-order valence-electron chi connectivity index (χ1n) is 12.9. The molecule has 2 N–H and O–H groups in total. The number of para-hydroxylation sites is 1. The van der Waals surface area contributed by atoms with E-state index in [0.717, 1.165) is 31.4 Å². The fourth-order valence-corrected chi connectivity index (χ4v) is 6.09. The van der Waals surface area contributed by atoms with Gasteiger partial charge in [0, 0.05) is 36.3 Å². The van der Waals surface area contributed by atoms with Crippen molar-refractivity contribution in [3.8, 4) is 0 Å². The molecule has 2 fully saturated rings. The molecule has 2 aliphatic rings. The van der Waals surface area contributed by atoms with Gasteiger partial charge < -0.3 is 15.0 Å². The predicted molar refractivity (Wildman–Crippen MR) is 143 cm³/mol. The molecular weight excluding hydrogens is 493 g/mol. The number of aliphatic carboxylic acids is 1. The molecule has 2 aliphatic heterocycles. The Labute approximate surface area is 220 Å². The van der Waals surface area contributed by atoms with Gasteiger partial charge in [-0.25, -0.2) is 4.39 Å². The number of aromatic nitrogens is 1. The van der Waals surface area contributed by atoms with Crippen molar-refractivity contribution < 1.29 is 19.1 Å². The lowest BCUT2D eigenvalue weighted by atomic mass is 9.84. The molecule has 0 spiro atoms. The maximum atomic E-state index is 13.3. The fraction of sp³-hybridized carbons (Fsp3) is 0.379. The summed E-state index contributed by atoms with van der Waals surface area (Å²) in [6.07, 6.45) is 8.36. The van der Waals surface area contributed by atoms with Gasteiger partial charge in [-0.3, -0.25) is 14.5 Å². The van der Waals surface area contributed by atoms with Crippen molar-refractivity contribution in [2.75, 3.05) is 26.2 Å². The van der Waals surface area contributed by atoms with Crippen LogP contribution >= 0.6 is 11.6 Å². The van der Waals surface area contributed by atoms with Gasteiger partial charge in [0.25, 0.3) is 0 Å². The summed E-state index contributed by atoms with van der Waals surface area (Å²) in [6, 6.07) is 12.1. The number of carbonyl (C=O) groups excluding carboxylic acids is 1. The van der Waals surface area contributed by atoms with E-state index >= 15 is 0 Å². The first-order chi connectivity index (χ1) is 17.9. The highest BCUT2D eigenvalue weighted by Gasteiger charge is 2.38. The van der Waals surface area contributed by atoms with Crippen LogP contribution in [0.1, 0.15) is 42.7 Å². The zero-order valence-corrected chi connectivity index (χ0v) is 21.3. The summed E-state index contributed by atoms with van der Waals surface area (Å²) in [6.45, 7) is 2.55. The Hall–Kier alpha value is -3.16. The van der Waals surface area contributed by atoms with Gasteiger partial charge in [0.2, 0.25) is 5.91 Å². The van der Waals surface area contributed by atoms with Gasteiger partial charge in [0.15, 0.2) is 0 Å². The number of nitrogens with one attached hydrogen (secondary N) is 1. The molecule has 3 heterocycles. The first-order valence-corrected chi connectivity index (χ1v) is 13.2. The second-order valence-corrected chi connectivity index (χ2v) is 10.5. The summed E-state index contributed by atoms with van der Waals surface area (Å²) in [5.41, 5.74) is 3.11. The molecule has 2 aromatic carbocycles. The minimum atomic E-state index is -0.775. The Morgan fingerprint density at radius 3 is 2.49 bits per heavy atom. The number of amides is 1. The van der Waals surface area contributed by atoms with E-state index in [1.807, 2.05) is 6.07 Å². The Kier molecular flexibility index (Phi) is 7.63. The Bertz CT molecular complexity index is 1310. The molecule has 0 bridgehead atoms. The van der Waals surface area contributed by atoms with Crippen molar-refractivity contribution in [1.29, 1.82) is 0 Å². The normalized spacial score (nSPS) is 19.0. The summed E-state index contributed by atoms with van der Waals surface area (Å²) < 4.78 is 13.3. The largest absolute Gasteiger partial charge is 0.480 e. The number of carboxylic acid groups (broad SMARTS) is 1. The van der Waals surface area contributed by atoms with Crippen LogP contribution in [-0.4, -0.2) is 64.0 Å². The summed E-state index contributed by atoms with van der Waals surface area (Å²) in [7, 11) is 0. The Balaban J connectivity index is 1.16. The van der Waals surface area contributed by atoms with Crippen molar-refractivity contribution in [2.45, 2.75) is 37.6 Å². The van der Waals surface area contributed by atoms with Crippen LogP contribution in [0, 0.1) is 11.7 Å². The molecule has 194 valence electrons. The van der Waals surface area contributed by atoms with E-state index in [4.69, 9.17) is 11.6 Å². The molecule has 0 saturated carbocycles. The molecule has 1 aromatic heterocycles. The summed E-state index contributed by atoms with van der Waals surface area (Å²) >= 11 is 5.81. The third kappa shape index (κ3) is 5.58. The van der Waals surface area contributed by atoms with Crippen LogP contribution in [0.3, 0.4) is 0 Å². The molecule has 1 unspecified atom stereocenters. The van der Waals surface area contributed by atoms with E-state index in [9.17, 15) is 19.1 Å². The predicted octanol–water partition coefficient (Wildman–Crippen LogP) is 5.55. The highest BCUT2D eigenvalue weighted by molar-refractivity contribution is 6.30. The Morgan fingerprint density at radius 1 is 1.05 bits per heavy atom. The van der Waals surface area contributed by atoms with Crippen LogP contribution in [-0.2, 0) is 9.59 Å². The maximum Gasteiger partial charge on any atom is 0.321 e. The SMILES string of the molecule is O=C(O)C(C1CCN(C(=O)C=Cc2ccc(F)c(Cl)c2)CC1)N1CCC(c2c[nH]c3ccccc23)CC1. The fourth-order valence-electron chi connectivity index (χ4n) is 5.90. The van der Waals surface area contributed by atoms with Crippen LogP contribution in [0.4, 0.5) is 4.39 Å². The third-order valence-corrected chi connectivity index (χ3v) is 8.19. The molecule has 3 aromatic rings. The van der Waals surface area contributed by atoms with Gasteiger partial charge in [0.05, 0.1) is 5.02 Å².